The summed E-state index contributed by atoms with van der Waals surface area (Å²) < 4.78 is 10.8. The number of nitrogens with two attached hydrogens (primary N) is 1. The lowest BCUT2D eigenvalue weighted by Crippen LogP contribution is -1.92. The molecule has 0 bridgehead atoms. The Bertz CT molecular complexity index is 857. The van der Waals surface area contributed by atoms with Crippen LogP contribution in [0, 0.1) is 6.92 Å². The quantitative estimate of drug-likeness (QED) is 0.759. The number of fused-ring (bicyclic) bond motifs is 1. The maximum atomic E-state index is 5.85. The lowest BCUT2D eigenvalue weighted by molar-refractivity contribution is 0.174. The van der Waals surface area contributed by atoms with Crippen LogP contribution in [-0.4, -0.2) is 21.7 Å². The fraction of sp³-hybridized carbons (Fsp3) is 0.125. The van der Waals surface area contributed by atoms with Gasteiger partial charge >= 0.3 is 0 Å². The molecule has 1 aromatic carbocycles. The molecule has 6 heteroatoms. The first-order chi connectivity index (χ1) is 10.7. The van der Waals surface area contributed by atoms with Crippen molar-refractivity contribution < 1.29 is 9.47 Å². The van der Waals surface area contributed by atoms with Gasteiger partial charge in [0.05, 0.1) is 11.4 Å². The molecule has 3 heterocycles. The van der Waals surface area contributed by atoms with Gasteiger partial charge in [-0.1, -0.05) is 6.07 Å². The first-order valence-electron chi connectivity index (χ1n) is 6.90. The molecule has 0 unspecified atom stereocenters. The molecular formula is C16H14N4O2. The third-order valence-corrected chi connectivity index (χ3v) is 3.51. The molecule has 0 spiro atoms. The molecule has 3 N–H and O–H groups in total. The summed E-state index contributed by atoms with van der Waals surface area (Å²) in [6, 6.07) is 11.5. The van der Waals surface area contributed by atoms with E-state index in [1.807, 2.05) is 43.3 Å². The highest BCUT2D eigenvalue weighted by atomic mass is 16.7. The highest BCUT2D eigenvalue weighted by Gasteiger charge is 2.18. The molecule has 0 atom stereocenters. The molecule has 4 rings (SSSR count). The number of aryl methyl sites for hydroxylation is 1. The van der Waals surface area contributed by atoms with E-state index in [-0.39, 0.29) is 6.79 Å². The second kappa shape index (κ2) is 4.77. The van der Waals surface area contributed by atoms with Gasteiger partial charge in [-0.15, -0.1) is 0 Å². The molecule has 0 aliphatic carbocycles. The van der Waals surface area contributed by atoms with Crippen molar-refractivity contribution in [1.29, 1.82) is 0 Å². The van der Waals surface area contributed by atoms with Crippen LogP contribution in [0.25, 0.3) is 22.6 Å². The van der Waals surface area contributed by atoms with Gasteiger partial charge < -0.3 is 20.2 Å². The maximum Gasteiger partial charge on any atom is 0.231 e. The number of anilines is 1. The monoisotopic (exact) mass is 294 g/mol. The van der Waals surface area contributed by atoms with Gasteiger partial charge in [-0.05, 0) is 37.3 Å². The van der Waals surface area contributed by atoms with Crippen molar-refractivity contribution in [2.75, 3.05) is 12.5 Å². The van der Waals surface area contributed by atoms with Crippen LogP contribution in [0.15, 0.2) is 36.4 Å². The number of ether oxygens (including phenoxy) is 2. The highest BCUT2D eigenvalue weighted by molar-refractivity contribution is 5.79. The number of pyridine rings is 1. The number of H-pyrrole nitrogens is 1. The Morgan fingerprint density at radius 1 is 1.09 bits per heavy atom. The normalized spacial score (nSPS) is 12.6. The van der Waals surface area contributed by atoms with Crippen LogP contribution in [-0.2, 0) is 0 Å². The largest absolute Gasteiger partial charge is 0.454 e. The van der Waals surface area contributed by atoms with Crippen molar-refractivity contribution in [2.24, 2.45) is 0 Å². The zero-order chi connectivity index (χ0) is 15.1. The minimum atomic E-state index is 0.244. The Labute approximate surface area is 126 Å². The maximum absolute atomic E-state index is 5.85. The Hall–Kier alpha value is -3.02. The average Bonchev–Trinajstić information content (AvgIpc) is 3.12. The van der Waals surface area contributed by atoms with Gasteiger partial charge in [-0.2, -0.15) is 0 Å². The fourth-order valence-electron chi connectivity index (χ4n) is 2.51. The average molecular weight is 294 g/mol. The molecule has 0 saturated heterocycles. The Balaban J connectivity index is 1.86. The van der Waals surface area contributed by atoms with E-state index in [0.29, 0.717) is 11.7 Å². The van der Waals surface area contributed by atoms with Crippen molar-refractivity contribution in [3.8, 4) is 34.1 Å². The summed E-state index contributed by atoms with van der Waals surface area (Å²) in [6.07, 6.45) is 0. The van der Waals surface area contributed by atoms with E-state index >= 15 is 0 Å². The van der Waals surface area contributed by atoms with Gasteiger partial charge in [0.2, 0.25) is 6.79 Å². The molecule has 110 valence electrons. The Morgan fingerprint density at radius 2 is 1.95 bits per heavy atom. The van der Waals surface area contributed by atoms with E-state index in [9.17, 15) is 0 Å². The predicted molar refractivity (Wildman–Crippen MR) is 82.5 cm³/mol. The molecule has 0 radical (unpaired) electrons. The number of nitrogens with one attached hydrogen (secondary N) is 1. The van der Waals surface area contributed by atoms with Crippen molar-refractivity contribution in [2.45, 2.75) is 6.92 Å². The van der Waals surface area contributed by atoms with Crippen LogP contribution < -0.4 is 15.2 Å². The molecule has 2 aromatic heterocycles. The predicted octanol–water partition coefficient (Wildman–Crippen LogP) is 2.76. The van der Waals surface area contributed by atoms with Gasteiger partial charge in [-0.25, -0.2) is 4.98 Å². The topological polar surface area (TPSA) is 86.1 Å². The van der Waals surface area contributed by atoms with Crippen LogP contribution in [0.5, 0.6) is 11.5 Å². The minimum absolute atomic E-state index is 0.244. The molecule has 3 aromatic rings. The number of nitrogen functional groups attached to an aromatic ring is 1. The second-order valence-electron chi connectivity index (χ2n) is 5.08. The van der Waals surface area contributed by atoms with E-state index in [1.54, 1.807) is 0 Å². The number of nitrogens with zero attached hydrogens (tertiary/aromatic N) is 2. The number of hydrogen-bond donors (Lipinski definition) is 2. The summed E-state index contributed by atoms with van der Waals surface area (Å²) in [6.45, 7) is 2.19. The van der Waals surface area contributed by atoms with E-state index in [2.05, 4.69) is 15.0 Å². The van der Waals surface area contributed by atoms with E-state index in [0.717, 1.165) is 34.1 Å². The summed E-state index contributed by atoms with van der Waals surface area (Å²) in [5.74, 6) is 1.80. The van der Waals surface area contributed by atoms with Crippen molar-refractivity contribution in [3.05, 3.63) is 42.1 Å². The van der Waals surface area contributed by atoms with Crippen molar-refractivity contribution >= 4 is 5.95 Å². The summed E-state index contributed by atoms with van der Waals surface area (Å²) in [4.78, 5) is 12.0. The van der Waals surface area contributed by atoms with Gasteiger partial charge in [0, 0.05) is 11.3 Å². The summed E-state index contributed by atoms with van der Waals surface area (Å²) >= 11 is 0. The SMILES string of the molecule is Cc1cccc(-c2[nH]c(N)nc2-c2ccc3c(c2)OCO3)n1. The van der Waals surface area contributed by atoms with Gasteiger partial charge in [0.15, 0.2) is 17.4 Å². The van der Waals surface area contributed by atoms with Crippen molar-refractivity contribution in [1.82, 2.24) is 15.0 Å². The number of imidazole rings is 1. The molecule has 6 nitrogen and oxygen atoms in total. The van der Waals surface area contributed by atoms with Gasteiger partial charge in [0.25, 0.3) is 0 Å². The highest BCUT2D eigenvalue weighted by Crippen LogP contribution is 2.38. The molecule has 1 aliphatic heterocycles. The van der Waals surface area contributed by atoms with Crippen LogP contribution in [0.3, 0.4) is 0 Å². The smallest absolute Gasteiger partial charge is 0.231 e. The number of hydrogen-bond acceptors (Lipinski definition) is 5. The van der Waals surface area contributed by atoms with E-state index < -0.39 is 0 Å². The second-order valence-corrected chi connectivity index (χ2v) is 5.08. The Morgan fingerprint density at radius 3 is 2.82 bits per heavy atom. The zero-order valence-electron chi connectivity index (χ0n) is 12.0. The number of aromatic amines is 1. The lowest BCUT2D eigenvalue weighted by Gasteiger charge is -2.04. The van der Waals surface area contributed by atoms with Crippen LogP contribution in [0.4, 0.5) is 5.95 Å². The molecule has 1 aliphatic rings. The first kappa shape index (κ1) is 12.7. The first-order valence-corrected chi connectivity index (χ1v) is 6.90. The van der Waals surface area contributed by atoms with Gasteiger partial charge in [0.1, 0.15) is 5.69 Å². The Kier molecular flexibility index (Phi) is 2.75. The van der Waals surface area contributed by atoms with Crippen LogP contribution in [0.2, 0.25) is 0 Å². The molecule has 0 saturated carbocycles. The standard InChI is InChI=1S/C16H14N4O2/c1-9-3-2-4-11(18-9)15-14(19-16(17)20-15)10-5-6-12-13(7-10)22-8-21-12/h2-7H,8H2,1H3,(H3,17,19,20). The van der Waals surface area contributed by atoms with Gasteiger partial charge in [-0.3, -0.25) is 4.98 Å². The summed E-state index contributed by atoms with van der Waals surface area (Å²) in [7, 11) is 0. The van der Waals surface area contributed by atoms with E-state index in [4.69, 9.17) is 15.2 Å². The third-order valence-electron chi connectivity index (χ3n) is 3.51. The summed E-state index contributed by atoms with van der Waals surface area (Å²) in [5.41, 5.74) is 10.0. The zero-order valence-corrected chi connectivity index (χ0v) is 12.0. The summed E-state index contributed by atoms with van der Waals surface area (Å²) in [5, 5.41) is 0. The van der Waals surface area contributed by atoms with E-state index in [1.165, 1.54) is 0 Å². The number of benzene rings is 1. The van der Waals surface area contributed by atoms with Crippen LogP contribution >= 0.6 is 0 Å². The number of rotatable bonds is 2. The minimum Gasteiger partial charge on any atom is -0.454 e. The molecule has 22 heavy (non-hydrogen) atoms. The molecular weight excluding hydrogens is 280 g/mol. The molecule has 0 amide bonds. The molecule has 0 fully saturated rings. The third kappa shape index (κ3) is 2.05. The van der Waals surface area contributed by atoms with Crippen LogP contribution in [0.1, 0.15) is 5.69 Å². The van der Waals surface area contributed by atoms with Crippen molar-refractivity contribution in [3.63, 3.8) is 0 Å². The fourth-order valence-corrected chi connectivity index (χ4v) is 2.51. The number of aromatic nitrogens is 3. The lowest BCUT2D eigenvalue weighted by atomic mass is 10.1.